The first-order valence-corrected chi connectivity index (χ1v) is 10.6. The van der Waals surface area contributed by atoms with Crippen LogP contribution < -0.4 is 10.3 Å². The first-order chi connectivity index (χ1) is 16.0. The predicted molar refractivity (Wildman–Crippen MR) is 119 cm³/mol. The number of likely N-dealkylation sites (tertiary alicyclic amines) is 1. The summed E-state index contributed by atoms with van der Waals surface area (Å²) in [6.45, 7) is 13.1. The molecule has 2 aromatic rings. The molecule has 1 aromatic carbocycles. The van der Waals surface area contributed by atoms with E-state index >= 15 is 0 Å². The molecule has 1 amide bonds. The fourth-order valence-corrected chi connectivity index (χ4v) is 3.33. The number of methoxy groups -OCH3 is 1. The van der Waals surface area contributed by atoms with Crippen molar-refractivity contribution in [3.8, 4) is 11.4 Å². The van der Waals surface area contributed by atoms with Crippen molar-refractivity contribution in [1.29, 1.82) is 0 Å². The molecule has 0 spiro atoms. The van der Waals surface area contributed by atoms with E-state index in [0.29, 0.717) is 25.9 Å². The van der Waals surface area contributed by atoms with Gasteiger partial charge < -0.3 is 19.1 Å². The highest BCUT2D eigenvalue weighted by molar-refractivity contribution is 5.90. The minimum absolute atomic E-state index is 0.0391. The number of benzene rings is 1. The lowest BCUT2D eigenvalue weighted by Crippen LogP contribution is -2.44. The zero-order valence-electron chi connectivity index (χ0n) is 19.3. The molecule has 1 saturated heterocycles. The van der Waals surface area contributed by atoms with Gasteiger partial charge in [0, 0.05) is 25.9 Å². The number of hydrogen-bond donors (Lipinski definition) is 0. The van der Waals surface area contributed by atoms with Crippen molar-refractivity contribution in [3.63, 3.8) is 0 Å². The van der Waals surface area contributed by atoms with Crippen LogP contribution in [0.1, 0.15) is 44.1 Å². The highest BCUT2D eigenvalue weighted by Crippen LogP contribution is 2.24. The van der Waals surface area contributed by atoms with E-state index in [4.69, 9.17) is 20.8 Å². The van der Waals surface area contributed by atoms with E-state index in [2.05, 4.69) is 9.94 Å². The molecule has 34 heavy (non-hydrogen) atoms. The van der Waals surface area contributed by atoms with E-state index in [9.17, 15) is 18.8 Å². The Bertz CT molecular complexity index is 1190. The summed E-state index contributed by atoms with van der Waals surface area (Å²) in [4.78, 5) is 41.9. The Morgan fingerprint density at radius 3 is 2.44 bits per heavy atom. The topological polar surface area (TPSA) is 104 Å². The van der Waals surface area contributed by atoms with Crippen molar-refractivity contribution in [2.75, 3.05) is 20.2 Å². The number of aromatic nitrogens is 2. The summed E-state index contributed by atoms with van der Waals surface area (Å²) in [5.74, 6) is -1.73. The Hall–Kier alpha value is -3.94. The fourth-order valence-electron chi connectivity index (χ4n) is 3.33. The van der Waals surface area contributed by atoms with Gasteiger partial charge in [-0.2, -0.15) is 9.78 Å². The molecular weight excluding hydrogens is 447 g/mol. The summed E-state index contributed by atoms with van der Waals surface area (Å²) < 4.78 is 30.9. The summed E-state index contributed by atoms with van der Waals surface area (Å²) in [6.07, 6.45) is 0.106. The van der Waals surface area contributed by atoms with Crippen molar-refractivity contribution >= 4 is 17.7 Å². The Morgan fingerprint density at radius 2 is 1.88 bits per heavy atom. The molecule has 1 aliphatic rings. The van der Waals surface area contributed by atoms with Gasteiger partial charge in [0.05, 0.1) is 25.4 Å². The van der Waals surface area contributed by atoms with Crippen molar-refractivity contribution in [2.24, 2.45) is 0 Å². The zero-order valence-corrected chi connectivity index (χ0v) is 19.3. The maximum atomic E-state index is 14.1. The number of rotatable bonds is 4. The highest BCUT2D eigenvalue weighted by Gasteiger charge is 2.29. The van der Waals surface area contributed by atoms with Gasteiger partial charge in [0.2, 0.25) is 11.4 Å². The Labute approximate surface area is 195 Å². The van der Waals surface area contributed by atoms with Gasteiger partial charge in [-0.3, -0.25) is 4.79 Å². The van der Waals surface area contributed by atoms with Crippen LogP contribution in [0.15, 0.2) is 29.1 Å². The highest BCUT2D eigenvalue weighted by atomic mass is 19.1. The normalized spacial score (nSPS) is 14.3. The molecule has 0 atom stereocenters. The summed E-state index contributed by atoms with van der Waals surface area (Å²) >= 11 is 0. The molecular formula is C23H25FN4O6. The van der Waals surface area contributed by atoms with E-state index in [1.165, 1.54) is 12.1 Å². The third-order valence-electron chi connectivity index (χ3n) is 4.96. The molecule has 2 heterocycles. The van der Waals surface area contributed by atoms with Crippen molar-refractivity contribution in [2.45, 2.75) is 45.3 Å². The number of amides is 1. The smallest absolute Gasteiger partial charge is 0.410 e. The lowest BCUT2D eigenvalue weighted by atomic mass is 10.1. The molecule has 180 valence electrons. The minimum atomic E-state index is -0.840. The zero-order chi connectivity index (χ0) is 25.0. The number of nitrogens with zero attached hydrogens (tertiary/aromatic N) is 4. The monoisotopic (exact) mass is 472 g/mol. The van der Waals surface area contributed by atoms with Gasteiger partial charge in [-0.25, -0.2) is 18.8 Å². The quantitative estimate of drug-likeness (QED) is 0.496. The first-order valence-electron chi connectivity index (χ1n) is 10.6. The van der Waals surface area contributed by atoms with Crippen molar-refractivity contribution in [1.82, 2.24) is 14.7 Å². The minimum Gasteiger partial charge on any atom is -0.487 e. The standard InChI is InChI=1S/C23H25FN4O6/c1-23(2,3)34-22(31)27-10-8-15(9-11-27)33-18-13-19(29)28(26-20(18)21(30)32-5)14-6-7-17(25-4)16(24)12-14/h6-7,12-13,15H,8-11H2,1-3,5H3. The molecule has 10 nitrogen and oxygen atoms in total. The lowest BCUT2D eigenvalue weighted by molar-refractivity contribution is 0.0125. The van der Waals surface area contributed by atoms with Gasteiger partial charge in [0.1, 0.15) is 17.5 Å². The number of hydrogen-bond acceptors (Lipinski definition) is 7. The third kappa shape index (κ3) is 5.70. The van der Waals surface area contributed by atoms with Crippen LogP contribution in [0.25, 0.3) is 10.5 Å². The summed E-state index contributed by atoms with van der Waals surface area (Å²) in [6, 6.07) is 4.63. The molecule has 0 bridgehead atoms. The van der Waals surface area contributed by atoms with Crippen LogP contribution in [-0.4, -0.2) is 58.6 Å². The summed E-state index contributed by atoms with van der Waals surface area (Å²) in [5, 5.41) is 4.03. The second kappa shape index (κ2) is 9.91. The van der Waals surface area contributed by atoms with Crippen LogP contribution in [0, 0.1) is 12.4 Å². The number of carbonyl (C=O) groups is 2. The molecule has 0 unspecified atom stereocenters. The average Bonchev–Trinajstić information content (AvgIpc) is 2.78. The number of halogens is 1. The second-order valence-corrected chi connectivity index (χ2v) is 8.63. The third-order valence-corrected chi connectivity index (χ3v) is 4.96. The summed E-state index contributed by atoms with van der Waals surface area (Å²) in [5.41, 5.74) is -1.69. The number of piperidine rings is 1. The van der Waals surface area contributed by atoms with Crippen LogP contribution in [0.5, 0.6) is 5.75 Å². The Kier molecular flexibility index (Phi) is 7.20. The number of carbonyl (C=O) groups excluding carboxylic acids is 2. The molecule has 1 aliphatic heterocycles. The Balaban J connectivity index is 1.82. The molecule has 1 aromatic heterocycles. The van der Waals surface area contributed by atoms with Crippen LogP contribution in [0.3, 0.4) is 0 Å². The molecule has 0 radical (unpaired) electrons. The number of esters is 1. The van der Waals surface area contributed by atoms with E-state index in [-0.39, 0.29) is 28.9 Å². The van der Waals surface area contributed by atoms with Crippen LogP contribution in [0.2, 0.25) is 0 Å². The molecule has 0 aliphatic carbocycles. The van der Waals surface area contributed by atoms with Crippen molar-refractivity contribution in [3.05, 3.63) is 57.5 Å². The van der Waals surface area contributed by atoms with Gasteiger partial charge >= 0.3 is 12.1 Å². The van der Waals surface area contributed by atoms with E-state index in [0.717, 1.165) is 23.9 Å². The summed E-state index contributed by atoms with van der Waals surface area (Å²) in [7, 11) is 1.16. The molecule has 1 fully saturated rings. The maximum Gasteiger partial charge on any atom is 0.410 e. The van der Waals surface area contributed by atoms with Gasteiger partial charge in [-0.05, 0) is 32.9 Å². The second-order valence-electron chi connectivity index (χ2n) is 8.63. The van der Waals surface area contributed by atoms with E-state index < -0.39 is 29.0 Å². The Morgan fingerprint density at radius 1 is 1.21 bits per heavy atom. The number of ether oxygens (including phenoxy) is 3. The van der Waals surface area contributed by atoms with E-state index in [1.54, 1.807) is 25.7 Å². The van der Waals surface area contributed by atoms with Gasteiger partial charge in [0.25, 0.3) is 5.56 Å². The van der Waals surface area contributed by atoms with Crippen LogP contribution in [0.4, 0.5) is 14.9 Å². The van der Waals surface area contributed by atoms with Crippen LogP contribution in [-0.2, 0) is 9.47 Å². The predicted octanol–water partition coefficient (Wildman–Crippen LogP) is 3.49. The molecule has 0 N–H and O–H groups in total. The molecule has 3 rings (SSSR count). The van der Waals surface area contributed by atoms with Gasteiger partial charge in [-0.15, -0.1) is 0 Å². The lowest BCUT2D eigenvalue weighted by Gasteiger charge is -2.33. The van der Waals surface area contributed by atoms with Crippen molar-refractivity contribution < 1.29 is 28.2 Å². The average molecular weight is 472 g/mol. The van der Waals surface area contributed by atoms with Gasteiger partial charge in [-0.1, -0.05) is 6.07 Å². The first kappa shape index (κ1) is 24.7. The van der Waals surface area contributed by atoms with Gasteiger partial charge in [0.15, 0.2) is 5.75 Å². The van der Waals surface area contributed by atoms with Crippen LogP contribution >= 0.6 is 0 Å². The van der Waals surface area contributed by atoms with E-state index in [1.807, 2.05) is 0 Å². The SMILES string of the molecule is [C-]#[N+]c1ccc(-n2nc(C(=O)OC)c(OC3CCN(C(=O)OC(C)(C)C)CC3)cc2=O)cc1F. The molecule has 11 heteroatoms. The molecule has 0 saturated carbocycles. The fraction of sp³-hybridized carbons (Fsp3) is 0.435. The largest absolute Gasteiger partial charge is 0.487 e. The maximum absolute atomic E-state index is 14.1.